The van der Waals surface area contributed by atoms with E-state index in [0.717, 1.165) is 0 Å². The number of hydrogen-bond acceptors (Lipinski definition) is 7. The zero-order chi connectivity index (χ0) is 22.9. The van der Waals surface area contributed by atoms with Crippen molar-refractivity contribution < 1.29 is 27.5 Å². The Hall–Kier alpha value is -1.66. The highest BCUT2D eigenvalue weighted by molar-refractivity contribution is 7.99. The van der Waals surface area contributed by atoms with Crippen LogP contribution in [0.2, 0.25) is 0 Å². The molecule has 3 fully saturated rings. The lowest BCUT2D eigenvalue weighted by Gasteiger charge is -2.34. The number of nitrogens with zero attached hydrogens (tertiary/aromatic N) is 3. The Bertz CT molecular complexity index is 939. The molecule has 0 unspecified atom stereocenters. The van der Waals surface area contributed by atoms with Gasteiger partial charge in [0.2, 0.25) is 15.9 Å². The molecule has 32 heavy (non-hydrogen) atoms. The molecule has 3 atom stereocenters. The first-order valence-corrected chi connectivity index (χ1v) is 13.4. The maximum atomic E-state index is 13.1. The molecular formula is C21H29N3O6S2. The Labute approximate surface area is 193 Å². The van der Waals surface area contributed by atoms with Gasteiger partial charge in [-0.2, -0.15) is 4.31 Å². The van der Waals surface area contributed by atoms with Crippen LogP contribution in [-0.4, -0.2) is 104 Å². The summed E-state index contributed by atoms with van der Waals surface area (Å²) in [4.78, 5) is 29.5. The average Bonchev–Trinajstić information content (AvgIpc) is 3.28. The lowest BCUT2D eigenvalue weighted by atomic mass is 10.1. The van der Waals surface area contributed by atoms with Crippen LogP contribution in [0.5, 0.6) is 0 Å². The number of carbonyl (C=O) groups excluding carboxylic acids is 2. The molecule has 0 radical (unpaired) electrons. The van der Waals surface area contributed by atoms with Crippen LogP contribution in [0.1, 0.15) is 24.2 Å². The molecule has 0 spiro atoms. The number of amides is 2. The van der Waals surface area contributed by atoms with Crippen LogP contribution in [0.15, 0.2) is 29.2 Å². The van der Waals surface area contributed by atoms with Crippen molar-refractivity contribution >= 4 is 33.6 Å². The quantitative estimate of drug-likeness (QED) is 0.627. The summed E-state index contributed by atoms with van der Waals surface area (Å²) in [5.41, 5.74) is 0.370. The molecule has 9 nitrogen and oxygen atoms in total. The van der Waals surface area contributed by atoms with Gasteiger partial charge in [0.15, 0.2) is 0 Å². The summed E-state index contributed by atoms with van der Waals surface area (Å²) in [6.45, 7) is 6.38. The van der Waals surface area contributed by atoms with Crippen LogP contribution in [0.3, 0.4) is 0 Å². The van der Waals surface area contributed by atoms with Gasteiger partial charge in [-0.3, -0.25) is 9.59 Å². The second-order valence-electron chi connectivity index (χ2n) is 8.33. The maximum absolute atomic E-state index is 13.1. The monoisotopic (exact) mass is 483 g/mol. The van der Waals surface area contributed by atoms with E-state index >= 15 is 0 Å². The van der Waals surface area contributed by atoms with Crippen LogP contribution in [0.4, 0.5) is 0 Å². The van der Waals surface area contributed by atoms with Gasteiger partial charge in [-0.1, -0.05) is 0 Å². The number of carbonyl (C=O) groups is 2. The van der Waals surface area contributed by atoms with E-state index in [1.165, 1.54) is 28.6 Å². The molecule has 3 aliphatic heterocycles. The number of thioether (sulfide) groups is 1. The van der Waals surface area contributed by atoms with Crippen LogP contribution < -0.4 is 0 Å². The highest BCUT2D eigenvalue weighted by Gasteiger charge is 2.38. The van der Waals surface area contributed by atoms with Gasteiger partial charge in [0.05, 0.1) is 36.2 Å². The number of hydrogen-bond donors (Lipinski definition) is 0. The third-order valence-electron chi connectivity index (χ3n) is 5.88. The minimum absolute atomic E-state index is 0.0543. The average molecular weight is 484 g/mol. The lowest BCUT2D eigenvalue weighted by Crippen LogP contribution is -2.52. The molecule has 0 N–H and O–H groups in total. The third kappa shape index (κ3) is 4.81. The molecule has 1 aromatic carbocycles. The van der Waals surface area contributed by atoms with Gasteiger partial charge >= 0.3 is 0 Å². The van der Waals surface area contributed by atoms with Crippen molar-refractivity contribution in [3.05, 3.63) is 29.8 Å². The number of benzene rings is 1. The van der Waals surface area contributed by atoms with E-state index < -0.39 is 16.1 Å². The molecule has 3 saturated heterocycles. The fraction of sp³-hybridized carbons (Fsp3) is 0.619. The minimum atomic E-state index is -3.68. The van der Waals surface area contributed by atoms with E-state index in [1.54, 1.807) is 21.6 Å². The first-order chi connectivity index (χ1) is 15.3. The number of rotatable bonds is 4. The predicted molar refractivity (Wildman–Crippen MR) is 120 cm³/mol. The summed E-state index contributed by atoms with van der Waals surface area (Å²) in [5.74, 6) is 0.672. The Balaban J connectivity index is 1.47. The van der Waals surface area contributed by atoms with E-state index in [-0.39, 0.29) is 28.9 Å². The summed E-state index contributed by atoms with van der Waals surface area (Å²) >= 11 is 1.54. The van der Waals surface area contributed by atoms with Gasteiger partial charge in [0, 0.05) is 37.5 Å². The Morgan fingerprint density at radius 1 is 1.03 bits per heavy atom. The van der Waals surface area contributed by atoms with E-state index in [0.29, 0.717) is 56.6 Å². The third-order valence-corrected chi connectivity index (χ3v) is 8.73. The number of sulfonamides is 1. The molecular weight excluding hydrogens is 454 g/mol. The van der Waals surface area contributed by atoms with Crippen molar-refractivity contribution in [2.75, 3.05) is 51.0 Å². The second kappa shape index (κ2) is 9.68. The van der Waals surface area contributed by atoms with Crippen LogP contribution in [0.25, 0.3) is 0 Å². The van der Waals surface area contributed by atoms with Crippen molar-refractivity contribution in [3.8, 4) is 0 Å². The van der Waals surface area contributed by atoms with Crippen LogP contribution in [-0.2, 0) is 24.3 Å². The highest BCUT2D eigenvalue weighted by atomic mass is 32.2. The molecule has 0 aromatic heterocycles. The standard InChI is InChI=1S/C21H29N3O6S2/c1-15-11-23(12-16(2)30-15)32(27,28)18-5-3-17(4-6-18)20(25)24-14-31-13-19(24)21(26)22-7-9-29-10-8-22/h3-6,15-16,19H,7-14H2,1-2H3/t15-,16+,19-/m1/s1. The molecule has 0 aliphatic carbocycles. The SMILES string of the molecule is C[C@@H]1CN(S(=O)(=O)c2ccc(C(=O)N3CSC[C@@H]3C(=O)N3CCOCC3)cc2)C[C@H](C)O1. The first-order valence-electron chi connectivity index (χ1n) is 10.8. The van der Waals surface area contributed by atoms with Crippen LogP contribution >= 0.6 is 11.8 Å². The van der Waals surface area contributed by atoms with E-state index in [4.69, 9.17) is 9.47 Å². The Morgan fingerprint density at radius 3 is 2.28 bits per heavy atom. The predicted octanol–water partition coefficient (Wildman–Crippen LogP) is 0.858. The molecule has 3 heterocycles. The lowest BCUT2D eigenvalue weighted by molar-refractivity contribution is -0.138. The summed E-state index contributed by atoms with van der Waals surface area (Å²) in [6, 6.07) is 5.49. The van der Waals surface area contributed by atoms with Crippen molar-refractivity contribution in [3.63, 3.8) is 0 Å². The molecule has 0 bridgehead atoms. The molecule has 3 aliphatic rings. The van der Waals surface area contributed by atoms with E-state index in [1.807, 2.05) is 13.8 Å². The normalized spacial score (nSPS) is 27.5. The zero-order valence-electron chi connectivity index (χ0n) is 18.3. The second-order valence-corrected chi connectivity index (χ2v) is 11.3. The largest absolute Gasteiger partial charge is 0.378 e. The molecule has 1 aromatic rings. The number of morpholine rings is 2. The summed E-state index contributed by atoms with van der Waals surface area (Å²) in [6.07, 6.45) is -0.356. The fourth-order valence-corrected chi connectivity index (χ4v) is 6.99. The number of ether oxygens (including phenoxy) is 2. The van der Waals surface area contributed by atoms with Crippen molar-refractivity contribution in [2.45, 2.75) is 37.0 Å². The summed E-state index contributed by atoms with van der Waals surface area (Å²) in [5, 5.41) is 0. The van der Waals surface area contributed by atoms with Gasteiger partial charge in [0.1, 0.15) is 6.04 Å². The molecule has 176 valence electrons. The summed E-state index contributed by atoms with van der Waals surface area (Å²) in [7, 11) is -3.68. The van der Waals surface area contributed by atoms with Crippen molar-refractivity contribution in [1.82, 2.24) is 14.1 Å². The smallest absolute Gasteiger partial charge is 0.255 e. The van der Waals surface area contributed by atoms with Gasteiger partial charge < -0.3 is 19.3 Å². The van der Waals surface area contributed by atoms with Gasteiger partial charge in [0.25, 0.3) is 5.91 Å². The van der Waals surface area contributed by atoms with Crippen LogP contribution in [0, 0.1) is 0 Å². The highest BCUT2D eigenvalue weighted by Crippen LogP contribution is 2.26. The van der Waals surface area contributed by atoms with E-state index in [2.05, 4.69) is 0 Å². The Morgan fingerprint density at radius 2 is 1.66 bits per heavy atom. The maximum Gasteiger partial charge on any atom is 0.255 e. The van der Waals surface area contributed by atoms with E-state index in [9.17, 15) is 18.0 Å². The first kappa shape index (κ1) is 23.5. The molecule has 0 saturated carbocycles. The minimum Gasteiger partial charge on any atom is -0.378 e. The van der Waals surface area contributed by atoms with Crippen molar-refractivity contribution in [1.29, 1.82) is 0 Å². The fourth-order valence-electron chi connectivity index (χ4n) is 4.25. The Kier molecular flexibility index (Phi) is 7.11. The van der Waals surface area contributed by atoms with Gasteiger partial charge in [-0.25, -0.2) is 8.42 Å². The van der Waals surface area contributed by atoms with Gasteiger partial charge in [-0.15, -0.1) is 11.8 Å². The molecule has 2 amide bonds. The molecule has 11 heteroatoms. The zero-order valence-corrected chi connectivity index (χ0v) is 19.9. The molecule has 4 rings (SSSR count). The topological polar surface area (TPSA) is 96.5 Å². The van der Waals surface area contributed by atoms with Crippen molar-refractivity contribution in [2.24, 2.45) is 0 Å². The van der Waals surface area contributed by atoms with Gasteiger partial charge in [-0.05, 0) is 38.1 Å². The summed E-state index contributed by atoms with van der Waals surface area (Å²) < 4.78 is 38.5.